The molecule has 2 aromatic rings. The van der Waals surface area contributed by atoms with Crippen LogP contribution in [0.15, 0.2) is 36.5 Å². The average Bonchev–Trinajstić information content (AvgIpc) is 3.05. The first kappa shape index (κ1) is 22.2. The minimum Gasteiger partial charge on any atom is -0.493 e. The fourth-order valence-corrected chi connectivity index (χ4v) is 3.48. The molecule has 9 heteroatoms. The van der Waals surface area contributed by atoms with Gasteiger partial charge in [0.1, 0.15) is 5.82 Å². The second-order valence-corrected chi connectivity index (χ2v) is 7.09. The molecule has 9 nitrogen and oxygen atoms in total. The molecule has 0 aliphatic carbocycles. The van der Waals surface area contributed by atoms with E-state index in [0.29, 0.717) is 48.9 Å². The summed E-state index contributed by atoms with van der Waals surface area (Å²) in [5, 5.41) is 5.42. The molecule has 1 aliphatic rings. The van der Waals surface area contributed by atoms with Gasteiger partial charge in [0.05, 0.1) is 26.1 Å². The lowest BCUT2D eigenvalue weighted by Crippen LogP contribution is -2.35. The van der Waals surface area contributed by atoms with Gasteiger partial charge >= 0.3 is 6.03 Å². The van der Waals surface area contributed by atoms with Crippen molar-refractivity contribution in [1.29, 1.82) is 0 Å². The van der Waals surface area contributed by atoms with Crippen LogP contribution in [0.1, 0.15) is 23.7 Å². The predicted octanol–water partition coefficient (Wildman–Crippen LogP) is 2.59. The summed E-state index contributed by atoms with van der Waals surface area (Å²) in [6, 6.07) is 8.68. The van der Waals surface area contributed by atoms with Crippen molar-refractivity contribution in [2.45, 2.75) is 13.3 Å². The third-order valence-electron chi connectivity index (χ3n) is 5.08. The van der Waals surface area contributed by atoms with Crippen molar-refractivity contribution in [3.05, 3.63) is 42.1 Å². The Morgan fingerprint density at radius 3 is 2.52 bits per heavy atom. The zero-order valence-corrected chi connectivity index (χ0v) is 18.2. The van der Waals surface area contributed by atoms with E-state index in [2.05, 4.69) is 20.5 Å². The van der Waals surface area contributed by atoms with Gasteiger partial charge in [0, 0.05) is 38.3 Å². The highest BCUT2D eigenvalue weighted by molar-refractivity contribution is 5.95. The van der Waals surface area contributed by atoms with E-state index in [4.69, 9.17) is 9.47 Å². The van der Waals surface area contributed by atoms with Crippen LogP contribution in [-0.4, -0.2) is 68.8 Å². The van der Waals surface area contributed by atoms with Gasteiger partial charge in [-0.2, -0.15) is 0 Å². The van der Waals surface area contributed by atoms with Crippen LogP contribution in [0, 0.1) is 0 Å². The molecule has 2 heterocycles. The van der Waals surface area contributed by atoms with E-state index < -0.39 is 0 Å². The lowest BCUT2D eigenvalue weighted by atomic mass is 10.1. The Morgan fingerprint density at radius 1 is 1.03 bits per heavy atom. The van der Waals surface area contributed by atoms with Crippen LogP contribution >= 0.6 is 0 Å². The molecule has 1 fully saturated rings. The molecule has 0 radical (unpaired) electrons. The molecule has 0 atom stereocenters. The number of aromatic nitrogens is 1. The first-order chi connectivity index (χ1) is 15.0. The summed E-state index contributed by atoms with van der Waals surface area (Å²) in [7, 11) is 3.12. The zero-order chi connectivity index (χ0) is 22.2. The number of benzene rings is 1. The van der Waals surface area contributed by atoms with Crippen molar-refractivity contribution >= 4 is 23.4 Å². The molecule has 0 unspecified atom stereocenters. The Kier molecular flexibility index (Phi) is 7.53. The summed E-state index contributed by atoms with van der Waals surface area (Å²) in [6.45, 7) is 5.15. The molecule has 1 saturated heterocycles. The molecule has 0 bridgehead atoms. The number of hydrogen-bond donors (Lipinski definition) is 2. The zero-order valence-electron chi connectivity index (χ0n) is 18.2. The van der Waals surface area contributed by atoms with Gasteiger partial charge < -0.3 is 29.9 Å². The summed E-state index contributed by atoms with van der Waals surface area (Å²) in [6.07, 6.45) is 2.47. The first-order valence-corrected chi connectivity index (χ1v) is 10.3. The monoisotopic (exact) mass is 427 g/mol. The minimum absolute atomic E-state index is 0.0303. The van der Waals surface area contributed by atoms with E-state index in [0.717, 1.165) is 18.8 Å². The molecule has 0 spiro atoms. The SMILES string of the molecule is CCNC(=O)Nc1ccc(N2CCCN(C(=O)c3ccc(OC)c(OC)c3)CC2)nc1. The number of ether oxygens (including phenoxy) is 2. The number of pyridine rings is 1. The van der Waals surface area contributed by atoms with Crippen LogP contribution in [0.25, 0.3) is 0 Å². The van der Waals surface area contributed by atoms with Gasteiger partial charge in [-0.15, -0.1) is 0 Å². The second kappa shape index (κ2) is 10.5. The van der Waals surface area contributed by atoms with Gasteiger partial charge in [0.2, 0.25) is 0 Å². The largest absolute Gasteiger partial charge is 0.493 e. The lowest BCUT2D eigenvalue weighted by Gasteiger charge is -2.23. The number of carbonyl (C=O) groups excluding carboxylic acids is 2. The van der Waals surface area contributed by atoms with E-state index in [1.54, 1.807) is 38.6 Å². The number of amides is 3. The van der Waals surface area contributed by atoms with Gasteiger partial charge in [0.25, 0.3) is 5.91 Å². The Labute approximate surface area is 182 Å². The smallest absolute Gasteiger partial charge is 0.319 e. The van der Waals surface area contributed by atoms with Crippen molar-refractivity contribution in [3.8, 4) is 11.5 Å². The number of methoxy groups -OCH3 is 2. The van der Waals surface area contributed by atoms with Crippen molar-refractivity contribution in [2.24, 2.45) is 0 Å². The standard InChI is InChI=1S/C22H29N5O4/c1-4-23-22(29)25-17-7-9-20(24-15-17)26-10-5-11-27(13-12-26)21(28)16-6-8-18(30-2)19(14-16)31-3/h6-9,14-15H,4-5,10-13H2,1-3H3,(H2,23,25,29). The van der Waals surface area contributed by atoms with Crippen molar-refractivity contribution < 1.29 is 19.1 Å². The fourth-order valence-electron chi connectivity index (χ4n) is 3.48. The summed E-state index contributed by atoms with van der Waals surface area (Å²) in [5.41, 5.74) is 1.21. The van der Waals surface area contributed by atoms with Crippen LogP contribution in [0.5, 0.6) is 11.5 Å². The third kappa shape index (κ3) is 5.56. The maximum Gasteiger partial charge on any atom is 0.319 e. The van der Waals surface area contributed by atoms with Gasteiger partial charge in [-0.25, -0.2) is 9.78 Å². The summed E-state index contributed by atoms with van der Waals surface area (Å²) in [4.78, 5) is 33.1. The Hall–Kier alpha value is -3.49. The first-order valence-electron chi connectivity index (χ1n) is 10.3. The van der Waals surface area contributed by atoms with E-state index in [1.807, 2.05) is 24.0 Å². The molecule has 1 aromatic carbocycles. The highest BCUT2D eigenvalue weighted by Crippen LogP contribution is 2.28. The topological polar surface area (TPSA) is 96.0 Å². The Bertz CT molecular complexity index is 903. The molecule has 2 N–H and O–H groups in total. The highest BCUT2D eigenvalue weighted by atomic mass is 16.5. The third-order valence-corrected chi connectivity index (χ3v) is 5.08. The predicted molar refractivity (Wildman–Crippen MR) is 119 cm³/mol. The summed E-state index contributed by atoms with van der Waals surface area (Å²) < 4.78 is 10.6. The Morgan fingerprint density at radius 2 is 1.84 bits per heavy atom. The average molecular weight is 428 g/mol. The van der Waals surface area contributed by atoms with Gasteiger partial charge in [0.15, 0.2) is 11.5 Å². The molecule has 1 aliphatic heterocycles. The van der Waals surface area contributed by atoms with E-state index >= 15 is 0 Å². The quantitative estimate of drug-likeness (QED) is 0.736. The van der Waals surface area contributed by atoms with E-state index in [9.17, 15) is 9.59 Å². The number of rotatable bonds is 6. The molecular weight excluding hydrogens is 398 g/mol. The van der Waals surface area contributed by atoms with E-state index in [1.165, 1.54) is 0 Å². The fraction of sp³-hybridized carbons (Fsp3) is 0.409. The van der Waals surface area contributed by atoms with Crippen LogP contribution < -0.4 is 25.0 Å². The van der Waals surface area contributed by atoms with Crippen molar-refractivity contribution in [2.75, 3.05) is 57.2 Å². The van der Waals surface area contributed by atoms with Crippen LogP contribution in [-0.2, 0) is 0 Å². The number of nitrogens with zero attached hydrogens (tertiary/aromatic N) is 3. The number of urea groups is 1. The van der Waals surface area contributed by atoms with Crippen molar-refractivity contribution in [3.63, 3.8) is 0 Å². The normalized spacial score (nSPS) is 13.9. The van der Waals surface area contributed by atoms with Crippen LogP contribution in [0.3, 0.4) is 0 Å². The highest BCUT2D eigenvalue weighted by Gasteiger charge is 2.22. The lowest BCUT2D eigenvalue weighted by molar-refractivity contribution is 0.0766. The van der Waals surface area contributed by atoms with Gasteiger partial charge in [-0.1, -0.05) is 0 Å². The molecular formula is C22H29N5O4. The number of hydrogen-bond acceptors (Lipinski definition) is 6. The maximum atomic E-state index is 13.0. The maximum absolute atomic E-state index is 13.0. The molecule has 3 rings (SSSR count). The number of nitrogens with one attached hydrogen (secondary N) is 2. The molecule has 0 saturated carbocycles. The van der Waals surface area contributed by atoms with E-state index in [-0.39, 0.29) is 11.9 Å². The molecule has 166 valence electrons. The molecule has 3 amide bonds. The van der Waals surface area contributed by atoms with Gasteiger partial charge in [-0.05, 0) is 43.7 Å². The number of anilines is 2. The van der Waals surface area contributed by atoms with Crippen molar-refractivity contribution in [1.82, 2.24) is 15.2 Å². The minimum atomic E-state index is -0.254. The molecule has 1 aromatic heterocycles. The number of carbonyl (C=O) groups is 2. The summed E-state index contributed by atoms with van der Waals surface area (Å²) >= 11 is 0. The Balaban J connectivity index is 1.62. The van der Waals surface area contributed by atoms with Crippen LogP contribution in [0.4, 0.5) is 16.3 Å². The molecule has 31 heavy (non-hydrogen) atoms. The second-order valence-electron chi connectivity index (χ2n) is 7.09. The summed E-state index contributed by atoms with van der Waals surface area (Å²) in [5.74, 6) is 1.92. The van der Waals surface area contributed by atoms with Crippen LogP contribution in [0.2, 0.25) is 0 Å². The van der Waals surface area contributed by atoms with Gasteiger partial charge in [-0.3, -0.25) is 4.79 Å².